The Balaban J connectivity index is 1.80. The van der Waals surface area contributed by atoms with Gasteiger partial charge in [0.25, 0.3) is 0 Å². The van der Waals surface area contributed by atoms with Crippen LogP contribution in [0, 0.1) is 11.3 Å². The molecule has 2 amide bonds. The fourth-order valence-corrected chi connectivity index (χ4v) is 2.14. The van der Waals surface area contributed by atoms with Gasteiger partial charge in [0.2, 0.25) is 0 Å². The van der Waals surface area contributed by atoms with Crippen molar-refractivity contribution in [1.82, 2.24) is 5.32 Å². The molecule has 0 radical (unpaired) electrons. The summed E-state index contributed by atoms with van der Waals surface area (Å²) in [6.45, 7) is 0.472. The number of benzene rings is 2. The van der Waals surface area contributed by atoms with E-state index in [4.69, 9.17) is 28.5 Å². The normalized spacial score (nSPS) is 9.86. The Hall–Kier alpha value is -2.22. The number of amides is 2. The molecule has 0 saturated carbocycles. The molecule has 0 spiro atoms. The summed E-state index contributed by atoms with van der Waals surface area (Å²) >= 11 is 11.8. The number of halogens is 2. The number of nitrogens with zero attached hydrogens (tertiary/aromatic N) is 1. The topological polar surface area (TPSA) is 64.9 Å². The number of urea groups is 1. The highest BCUT2D eigenvalue weighted by Crippen LogP contribution is 2.22. The molecule has 2 aromatic carbocycles. The van der Waals surface area contributed by atoms with Crippen molar-refractivity contribution in [1.29, 1.82) is 5.26 Å². The van der Waals surface area contributed by atoms with Gasteiger partial charge in [-0.15, -0.1) is 0 Å². The van der Waals surface area contributed by atoms with Gasteiger partial charge in [0.15, 0.2) is 0 Å². The van der Waals surface area contributed by atoms with Crippen molar-refractivity contribution in [2.24, 2.45) is 0 Å². The van der Waals surface area contributed by atoms with Gasteiger partial charge in [0, 0.05) is 12.2 Å². The van der Waals surface area contributed by atoms with Crippen LogP contribution < -0.4 is 10.6 Å². The van der Waals surface area contributed by atoms with Crippen molar-refractivity contribution in [3.05, 3.63) is 63.6 Å². The highest BCUT2D eigenvalue weighted by molar-refractivity contribution is 6.42. The second-order valence-corrected chi connectivity index (χ2v) is 5.38. The summed E-state index contributed by atoms with van der Waals surface area (Å²) in [4.78, 5) is 11.7. The number of hydrogen-bond donors (Lipinski definition) is 2. The van der Waals surface area contributed by atoms with E-state index in [1.165, 1.54) is 0 Å². The number of nitrogens with one attached hydrogen (secondary N) is 2. The predicted molar refractivity (Wildman–Crippen MR) is 88.3 cm³/mol. The maximum Gasteiger partial charge on any atom is 0.319 e. The van der Waals surface area contributed by atoms with Crippen LogP contribution in [-0.2, 0) is 6.42 Å². The Morgan fingerprint density at radius 3 is 2.45 bits per heavy atom. The SMILES string of the molecule is N#Cc1ccc(NC(=O)NCCc2ccc(Cl)c(Cl)c2)cc1. The van der Waals surface area contributed by atoms with E-state index in [2.05, 4.69) is 10.6 Å². The summed E-state index contributed by atoms with van der Waals surface area (Å²) in [5.41, 5.74) is 2.17. The standard InChI is InChI=1S/C16H13Cl2N3O/c17-14-6-3-11(9-15(14)18)7-8-20-16(22)21-13-4-1-12(10-19)2-5-13/h1-6,9H,7-8H2,(H2,20,21,22). The van der Waals surface area contributed by atoms with Crippen molar-refractivity contribution in [3.8, 4) is 6.07 Å². The van der Waals surface area contributed by atoms with Crippen LogP contribution in [0.5, 0.6) is 0 Å². The predicted octanol–water partition coefficient (Wildman–Crippen LogP) is 4.23. The van der Waals surface area contributed by atoms with Crippen LogP contribution in [0.2, 0.25) is 10.0 Å². The number of anilines is 1. The zero-order valence-electron chi connectivity index (χ0n) is 11.6. The molecule has 0 heterocycles. The molecule has 112 valence electrons. The van der Waals surface area contributed by atoms with E-state index in [1.54, 1.807) is 36.4 Å². The van der Waals surface area contributed by atoms with Gasteiger partial charge in [-0.1, -0.05) is 29.3 Å². The summed E-state index contributed by atoms with van der Waals surface area (Å²) in [6.07, 6.45) is 0.650. The lowest BCUT2D eigenvalue weighted by Crippen LogP contribution is -2.30. The lowest BCUT2D eigenvalue weighted by atomic mass is 10.1. The fourth-order valence-electron chi connectivity index (χ4n) is 1.82. The number of rotatable bonds is 4. The highest BCUT2D eigenvalue weighted by atomic mass is 35.5. The van der Waals surface area contributed by atoms with Gasteiger partial charge in [0.05, 0.1) is 21.7 Å². The van der Waals surface area contributed by atoms with Crippen LogP contribution in [0.4, 0.5) is 10.5 Å². The van der Waals surface area contributed by atoms with E-state index in [0.717, 1.165) is 5.56 Å². The van der Waals surface area contributed by atoms with Crippen molar-refractivity contribution in [2.75, 3.05) is 11.9 Å². The Labute approximate surface area is 138 Å². The molecule has 0 atom stereocenters. The molecule has 0 aliphatic rings. The lowest BCUT2D eigenvalue weighted by Gasteiger charge is -2.08. The molecular weight excluding hydrogens is 321 g/mol. The highest BCUT2D eigenvalue weighted by Gasteiger charge is 2.03. The van der Waals surface area contributed by atoms with E-state index in [-0.39, 0.29) is 6.03 Å². The molecule has 22 heavy (non-hydrogen) atoms. The molecule has 0 saturated heterocycles. The minimum absolute atomic E-state index is 0.301. The molecule has 0 unspecified atom stereocenters. The third-order valence-corrected chi connectivity index (χ3v) is 3.69. The number of hydrogen-bond acceptors (Lipinski definition) is 2. The maximum atomic E-state index is 11.7. The monoisotopic (exact) mass is 333 g/mol. The zero-order valence-corrected chi connectivity index (χ0v) is 13.1. The largest absolute Gasteiger partial charge is 0.338 e. The van der Waals surface area contributed by atoms with Gasteiger partial charge in [0.1, 0.15) is 0 Å². The van der Waals surface area contributed by atoms with E-state index < -0.39 is 0 Å². The van der Waals surface area contributed by atoms with Crippen LogP contribution >= 0.6 is 23.2 Å². The van der Waals surface area contributed by atoms with Gasteiger partial charge in [-0.25, -0.2) is 4.79 Å². The van der Waals surface area contributed by atoms with E-state index in [0.29, 0.717) is 34.3 Å². The quantitative estimate of drug-likeness (QED) is 0.879. The summed E-state index contributed by atoms with van der Waals surface area (Å²) < 4.78 is 0. The lowest BCUT2D eigenvalue weighted by molar-refractivity contribution is 0.252. The van der Waals surface area contributed by atoms with Crippen LogP contribution in [0.1, 0.15) is 11.1 Å². The fraction of sp³-hybridized carbons (Fsp3) is 0.125. The second-order valence-electron chi connectivity index (χ2n) is 4.57. The second kappa shape index (κ2) is 7.69. The van der Waals surface area contributed by atoms with Crippen LogP contribution in [0.25, 0.3) is 0 Å². The third-order valence-electron chi connectivity index (χ3n) is 2.96. The van der Waals surface area contributed by atoms with E-state index >= 15 is 0 Å². The Kier molecular flexibility index (Phi) is 5.65. The minimum atomic E-state index is -0.301. The van der Waals surface area contributed by atoms with Gasteiger partial charge in [-0.05, 0) is 48.4 Å². The average molecular weight is 334 g/mol. The maximum absolute atomic E-state index is 11.7. The van der Waals surface area contributed by atoms with E-state index in [9.17, 15) is 4.79 Å². The molecule has 6 heteroatoms. The number of carbonyl (C=O) groups excluding carboxylic acids is 1. The molecule has 0 aliphatic heterocycles. The van der Waals surface area contributed by atoms with Gasteiger partial charge >= 0.3 is 6.03 Å². The smallest absolute Gasteiger partial charge is 0.319 e. The average Bonchev–Trinajstić information content (AvgIpc) is 2.51. The summed E-state index contributed by atoms with van der Waals surface area (Å²) in [6, 6.07) is 13.7. The first-order chi connectivity index (χ1) is 10.6. The molecule has 0 bridgehead atoms. The molecule has 2 rings (SSSR count). The van der Waals surface area contributed by atoms with Crippen molar-refractivity contribution in [2.45, 2.75) is 6.42 Å². The molecule has 0 aromatic heterocycles. The molecule has 0 fully saturated rings. The molecule has 2 aromatic rings. The molecular formula is C16H13Cl2N3O. The van der Waals surface area contributed by atoms with Crippen molar-refractivity contribution >= 4 is 34.9 Å². The molecule has 0 aliphatic carbocycles. The first-order valence-electron chi connectivity index (χ1n) is 6.57. The van der Waals surface area contributed by atoms with Crippen molar-refractivity contribution < 1.29 is 4.79 Å². The van der Waals surface area contributed by atoms with Crippen LogP contribution in [0.15, 0.2) is 42.5 Å². The molecule has 4 nitrogen and oxygen atoms in total. The van der Waals surface area contributed by atoms with Gasteiger partial charge in [-0.2, -0.15) is 5.26 Å². The zero-order chi connectivity index (χ0) is 15.9. The minimum Gasteiger partial charge on any atom is -0.338 e. The summed E-state index contributed by atoms with van der Waals surface area (Å²) in [5, 5.41) is 15.2. The molecule has 2 N–H and O–H groups in total. The first-order valence-corrected chi connectivity index (χ1v) is 7.33. The Bertz CT molecular complexity index is 708. The summed E-state index contributed by atoms with van der Waals surface area (Å²) in [7, 11) is 0. The van der Waals surface area contributed by atoms with Crippen LogP contribution in [-0.4, -0.2) is 12.6 Å². The summed E-state index contributed by atoms with van der Waals surface area (Å²) in [5.74, 6) is 0. The Morgan fingerprint density at radius 1 is 1.09 bits per heavy atom. The number of nitriles is 1. The number of carbonyl (C=O) groups is 1. The van der Waals surface area contributed by atoms with Gasteiger partial charge < -0.3 is 10.6 Å². The third kappa shape index (κ3) is 4.66. The van der Waals surface area contributed by atoms with Crippen molar-refractivity contribution in [3.63, 3.8) is 0 Å². The van der Waals surface area contributed by atoms with E-state index in [1.807, 2.05) is 12.1 Å². The Morgan fingerprint density at radius 2 is 1.82 bits per heavy atom. The first kappa shape index (κ1) is 16.2. The van der Waals surface area contributed by atoms with Crippen LogP contribution in [0.3, 0.4) is 0 Å². The van der Waals surface area contributed by atoms with Gasteiger partial charge in [-0.3, -0.25) is 0 Å².